The SMILES string of the molecule is CCCc1ccc(Oc2ccc(C)cc2)cc1-c1cc(Sc2cccc(C)c2)ccn1. The Bertz CT molecular complexity index is 1170. The maximum absolute atomic E-state index is 6.13. The Morgan fingerprint density at radius 1 is 0.774 bits per heavy atom. The van der Waals surface area contributed by atoms with E-state index in [1.807, 2.05) is 18.3 Å². The highest BCUT2D eigenvalue weighted by Gasteiger charge is 2.10. The summed E-state index contributed by atoms with van der Waals surface area (Å²) in [6.07, 6.45) is 4.00. The fourth-order valence-corrected chi connectivity index (χ4v) is 4.49. The van der Waals surface area contributed by atoms with E-state index in [2.05, 4.69) is 87.5 Å². The van der Waals surface area contributed by atoms with E-state index >= 15 is 0 Å². The molecule has 1 aromatic heterocycles. The quantitative estimate of drug-likeness (QED) is 0.297. The normalized spacial score (nSPS) is 10.8. The molecule has 0 atom stereocenters. The molecule has 0 saturated carbocycles. The van der Waals surface area contributed by atoms with Crippen LogP contribution in [0.1, 0.15) is 30.0 Å². The van der Waals surface area contributed by atoms with Crippen LogP contribution >= 0.6 is 11.8 Å². The van der Waals surface area contributed by atoms with Gasteiger partial charge < -0.3 is 4.74 Å². The Balaban J connectivity index is 1.65. The summed E-state index contributed by atoms with van der Waals surface area (Å²) in [7, 11) is 0. The first-order chi connectivity index (χ1) is 15.1. The van der Waals surface area contributed by atoms with E-state index in [1.54, 1.807) is 11.8 Å². The lowest BCUT2D eigenvalue weighted by atomic mass is 10.00. The molecule has 0 aliphatic rings. The van der Waals surface area contributed by atoms with Crippen molar-refractivity contribution in [3.63, 3.8) is 0 Å². The van der Waals surface area contributed by atoms with Crippen LogP contribution in [0.4, 0.5) is 0 Å². The van der Waals surface area contributed by atoms with Crippen molar-refractivity contribution in [3.8, 4) is 22.8 Å². The second kappa shape index (κ2) is 9.84. The van der Waals surface area contributed by atoms with E-state index in [9.17, 15) is 0 Å². The molecule has 0 amide bonds. The van der Waals surface area contributed by atoms with Crippen LogP contribution in [-0.4, -0.2) is 4.98 Å². The molecule has 0 N–H and O–H groups in total. The van der Waals surface area contributed by atoms with Crippen molar-refractivity contribution in [2.75, 3.05) is 0 Å². The van der Waals surface area contributed by atoms with Crippen molar-refractivity contribution in [2.24, 2.45) is 0 Å². The smallest absolute Gasteiger partial charge is 0.128 e. The number of aromatic nitrogens is 1. The molecule has 2 nitrogen and oxygen atoms in total. The summed E-state index contributed by atoms with van der Waals surface area (Å²) in [4.78, 5) is 7.12. The topological polar surface area (TPSA) is 22.1 Å². The molecule has 4 rings (SSSR count). The molecule has 0 fully saturated rings. The predicted molar refractivity (Wildman–Crippen MR) is 130 cm³/mol. The van der Waals surface area contributed by atoms with Gasteiger partial charge in [0.25, 0.3) is 0 Å². The number of hydrogen-bond donors (Lipinski definition) is 0. The van der Waals surface area contributed by atoms with Gasteiger partial charge in [0.1, 0.15) is 11.5 Å². The van der Waals surface area contributed by atoms with E-state index < -0.39 is 0 Å². The van der Waals surface area contributed by atoms with E-state index in [-0.39, 0.29) is 0 Å². The molecule has 3 aromatic carbocycles. The monoisotopic (exact) mass is 425 g/mol. The summed E-state index contributed by atoms with van der Waals surface area (Å²) in [5.41, 5.74) is 5.90. The van der Waals surface area contributed by atoms with Crippen molar-refractivity contribution in [2.45, 2.75) is 43.4 Å². The fraction of sp³-hybridized carbons (Fsp3) is 0.179. The van der Waals surface area contributed by atoms with Gasteiger partial charge in [0.2, 0.25) is 0 Å². The zero-order valence-corrected chi connectivity index (χ0v) is 19.1. The van der Waals surface area contributed by atoms with Gasteiger partial charge >= 0.3 is 0 Å². The molecule has 0 radical (unpaired) electrons. The number of rotatable bonds is 7. The van der Waals surface area contributed by atoms with Gasteiger partial charge in [0.05, 0.1) is 5.69 Å². The number of pyridine rings is 1. The zero-order chi connectivity index (χ0) is 21.6. The third kappa shape index (κ3) is 5.56. The Kier molecular flexibility index (Phi) is 6.73. The molecule has 0 aliphatic heterocycles. The molecule has 0 bridgehead atoms. The lowest BCUT2D eigenvalue weighted by molar-refractivity contribution is 0.482. The van der Waals surface area contributed by atoms with Gasteiger partial charge in [-0.25, -0.2) is 0 Å². The Morgan fingerprint density at radius 3 is 2.32 bits per heavy atom. The highest BCUT2D eigenvalue weighted by Crippen LogP contribution is 2.34. The van der Waals surface area contributed by atoms with Gasteiger partial charge in [-0.15, -0.1) is 0 Å². The maximum atomic E-state index is 6.13. The minimum Gasteiger partial charge on any atom is -0.457 e. The van der Waals surface area contributed by atoms with Crippen molar-refractivity contribution in [3.05, 3.63) is 102 Å². The van der Waals surface area contributed by atoms with Crippen molar-refractivity contribution < 1.29 is 4.74 Å². The molecular formula is C28H27NOS. The van der Waals surface area contributed by atoms with Gasteiger partial charge in [0, 0.05) is 21.6 Å². The average molecular weight is 426 g/mol. The average Bonchev–Trinajstić information content (AvgIpc) is 2.77. The number of ether oxygens (including phenoxy) is 1. The zero-order valence-electron chi connectivity index (χ0n) is 18.3. The van der Waals surface area contributed by atoms with Crippen LogP contribution in [0.15, 0.2) is 94.9 Å². The standard InChI is InChI=1S/C28H27NOS/c1-4-6-22-11-14-24(30-23-12-9-20(2)10-13-23)18-27(22)28-19-26(15-16-29-28)31-25-8-5-7-21(3)17-25/h5,7-19H,4,6H2,1-3H3. The summed E-state index contributed by atoms with van der Waals surface area (Å²) in [5.74, 6) is 1.67. The van der Waals surface area contributed by atoms with Crippen molar-refractivity contribution in [1.82, 2.24) is 4.98 Å². The largest absolute Gasteiger partial charge is 0.457 e. The maximum Gasteiger partial charge on any atom is 0.128 e. The predicted octanol–water partition coefficient (Wildman–Crippen LogP) is 8.26. The van der Waals surface area contributed by atoms with Crippen LogP contribution in [0, 0.1) is 13.8 Å². The molecule has 0 aliphatic carbocycles. The molecule has 0 saturated heterocycles. The minimum absolute atomic E-state index is 0.831. The molecule has 156 valence electrons. The van der Waals surface area contributed by atoms with Gasteiger partial charge in [-0.3, -0.25) is 4.98 Å². The summed E-state index contributed by atoms with van der Waals surface area (Å²) in [5, 5.41) is 0. The van der Waals surface area contributed by atoms with Gasteiger partial charge in [-0.2, -0.15) is 0 Å². The van der Waals surface area contributed by atoms with Crippen LogP contribution in [-0.2, 0) is 6.42 Å². The van der Waals surface area contributed by atoms with Crippen LogP contribution < -0.4 is 4.74 Å². The molecular weight excluding hydrogens is 398 g/mol. The number of nitrogens with zero attached hydrogens (tertiary/aromatic N) is 1. The summed E-state index contributed by atoms with van der Waals surface area (Å²) in [6, 6.07) is 27.3. The Morgan fingerprint density at radius 2 is 1.55 bits per heavy atom. The lowest BCUT2D eigenvalue weighted by Gasteiger charge is -2.13. The first kappa shape index (κ1) is 21.2. The molecule has 31 heavy (non-hydrogen) atoms. The summed E-state index contributed by atoms with van der Waals surface area (Å²) in [6.45, 7) is 6.41. The van der Waals surface area contributed by atoms with Crippen molar-refractivity contribution >= 4 is 11.8 Å². The lowest BCUT2D eigenvalue weighted by Crippen LogP contribution is -1.94. The molecule has 1 heterocycles. The van der Waals surface area contributed by atoms with E-state index in [4.69, 9.17) is 9.72 Å². The second-order valence-electron chi connectivity index (χ2n) is 7.78. The fourth-order valence-electron chi connectivity index (χ4n) is 3.52. The van der Waals surface area contributed by atoms with Crippen LogP contribution in [0.5, 0.6) is 11.5 Å². The summed E-state index contributed by atoms with van der Waals surface area (Å²) >= 11 is 1.77. The number of aryl methyl sites for hydroxylation is 3. The molecule has 4 aromatic rings. The first-order valence-corrected chi connectivity index (χ1v) is 11.5. The third-order valence-electron chi connectivity index (χ3n) is 5.09. The van der Waals surface area contributed by atoms with E-state index in [0.29, 0.717) is 0 Å². The molecule has 0 spiro atoms. The van der Waals surface area contributed by atoms with Crippen LogP contribution in [0.3, 0.4) is 0 Å². The van der Waals surface area contributed by atoms with Crippen molar-refractivity contribution in [1.29, 1.82) is 0 Å². The summed E-state index contributed by atoms with van der Waals surface area (Å²) < 4.78 is 6.13. The third-order valence-corrected chi connectivity index (χ3v) is 6.07. The van der Waals surface area contributed by atoms with E-state index in [0.717, 1.165) is 35.6 Å². The Hall–Kier alpha value is -3.04. The minimum atomic E-state index is 0.831. The second-order valence-corrected chi connectivity index (χ2v) is 8.93. The Labute approximate surface area is 189 Å². The van der Waals surface area contributed by atoms with E-state index in [1.165, 1.54) is 26.5 Å². The number of hydrogen-bond acceptors (Lipinski definition) is 3. The molecule has 0 unspecified atom stereocenters. The number of benzene rings is 3. The van der Waals surface area contributed by atoms with Crippen LogP contribution in [0.25, 0.3) is 11.3 Å². The highest BCUT2D eigenvalue weighted by molar-refractivity contribution is 7.99. The van der Waals surface area contributed by atoms with Gasteiger partial charge in [-0.1, -0.05) is 66.6 Å². The first-order valence-electron chi connectivity index (χ1n) is 10.7. The highest BCUT2D eigenvalue weighted by atomic mass is 32.2. The van der Waals surface area contributed by atoms with Gasteiger partial charge in [0.15, 0.2) is 0 Å². The molecule has 3 heteroatoms. The van der Waals surface area contributed by atoms with Crippen LogP contribution in [0.2, 0.25) is 0 Å². The van der Waals surface area contributed by atoms with Gasteiger partial charge in [-0.05, 0) is 74.4 Å².